The third kappa shape index (κ3) is 3.73. The van der Waals surface area contributed by atoms with Crippen molar-refractivity contribution in [3.63, 3.8) is 0 Å². The Kier molecular flexibility index (Phi) is 5.12. The van der Waals surface area contributed by atoms with E-state index >= 15 is 0 Å². The summed E-state index contributed by atoms with van der Waals surface area (Å²) in [6.45, 7) is 0. The number of benzene rings is 1. The summed E-state index contributed by atoms with van der Waals surface area (Å²) in [5.41, 5.74) is -4.08. The lowest BCUT2D eigenvalue weighted by Crippen LogP contribution is -2.55. The molecule has 1 aromatic carbocycles. The largest absolute Gasteiger partial charge is 0.460 e. The average molecular weight is 374 g/mol. The predicted octanol–water partition coefficient (Wildman–Crippen LogP) is 5.64. The third-order valence-electron chi connectivity index (χ3n) is 2.50. The summed E-state index contributed by atoms with van der Waals surface area (Å²) in [5, 5.41) is 0. The monoisotopic (exact) mass is 374 g/mol. The molecule has 0 amide bonds. The molecule has 0 saturated carbocycles. The van der Waals surface area contributed by atoms with Crippen LogP contribution in [-0.4, -0.2) is 24.2 Å². The van der Waals surface area contributed by atoms with Gasteiger partial charge < -0.3 is 4.74 Å². The van der Waals surface area contributed by atoms with E-state index in [2.05, 4.69) is 4.74 Å². The van der Waals surface area contributed by atoms with E-state index in [1.165, 1.54) is 6.07 Å². The van der Waals surface area contributed by atoms with E-state index in [9.17, 15) is 48.3 Å². The van der Waals surface area contributed by atoms with Gasteiger partial charge in [-0.3, -0.25) is 0 Å². The zero-order chi connectivity index (χ0) is 19.0. The number of rotatable bonds is 4. The van der Waals surface area contributed by atoms with Gasteiger partial charge in [-0.15, -0.1) is 0 Å². The van der Waals surface area contributed by atoms with Gasteiger partial charge in [0.1, 0.15) is 5.75 Å². The van der Waals surface area contributed by atoms with E-state index in [-0.39, 0.29) is 0 Å². The van der Waals surface area contributed by atoms with Crippen LogP contribution in [0.5, 0.6) is 5.75 Å². The van der Waals surface area contributed by atoms with E-state index < -0.39 is 41.5 Å². The first-order valence-electron chi connectivity index (χ1n) is 5.65. The van der Waals surface area contributed by atoms with Crippen LogP contribution in [0.3, 0.4) is 0 Å². The second-order valence-corrected chi connectivity index (χ2v) is 4.21. The standard InChI is InChI=1S/C12H5F11O/c13-8(24-6-4-2-1-3-5-6)7(10(16,17)18)9(14,15)11(19,20)12(21,22)23/h1-5H/b8-7-. The fourth-order valence-corrected chi connectivity index (χ4v) is 1.39. The normalized spacial score (nSPS) is 15.1. The molecule has 0 aromatic heterocycles. The van der Waals surface area contributed by atoms with Crippen molar-refractivity contribution in [2.75, 3.05) is 0 Å². The Morgan fingerprint density at radius 1 is 0.750 bits per heavy atom. The summed E-state index contributed by atoms with van der Waals surface area (Å²) in [4.78, 5) is 0. The second kappa shape index (κ2) is 6.13. The molecule has 1 aromatic rings. The number of halogens is 11. The maximum absolute atomic E-state index is 13.4. The van der Waals surface area contributed by atoms with E-state index in [1.54, 1.807) is 0 Å². The van der Waals surface area contributed by atoms with Crippen LogP contribution >= 0.6 is 0 Å². The highest BCUT2D eigenvalue weighted by Crippen LogP contribution is 2.54. The lowest BCUT2D eigenvalue weighted by Gasteiger charge is -2.30. The van der Waals surface area contributed by atoms with Gasteiger partial charge in [-0.1, -0.05) is 18.2 Å². The van der Waals surface area contributed by atoms with E-state index in [0.717, 1.165) is 24.3 Å². The number of allylic oxidation sites excluding steroid dienone is 1. The van der Waals surface area contributed by atoms with Gasteiger partial charge in [-0.05, 0) is 12.1 Å². The molecule has 0 atom stereocenters. The van der Waals surface area contributed by atoms with Gasteiger partial charge in [0.2, 0.25) is 0 Å². The van der Waals surface area contributed by atoms with Crippen LogP contribution in [0.15, 0.2) is 41.9 Å². The van der Waals surface area contributed by atoms with Crippen LogP contribution in [-0.2, 0) is 0 Å². The van der Waals surface area contributed by atoms with Crippen molar-refractivity contribution in [1.29, 1.82) is 0 Å². The first-order chi connectivity index (χ1) is 10.6. The summed E-state index contributed by atoms with van der Waals surface area (Å²) in [6.07, 6.45) is -13.6. The van der Waals surface area contributed by atoms with Crippen LogP contribution in [0.2, 0.25) is 0 Å². The van der Waals surface area contributed by atoms with Gasteiger partial charge in [0.15, 0.2) is 5.57 Å². The van der Waals surface area contributed by atoms with Gasteiger partial charge in [0, 0.05) is 0 Å². The Bertz CT molecular complexity index is 598. The van der Waals surface area contributed by atoms with Gasteiger partial charge in [-0.2, -0.15) is 48.3 Å². The average Bonchev–Trinajstić information content (AvgIpc) is 2.35. The van der Waals surface area contributed by atoms with Crippen LogP contribution in [0.1, 0.15) is 0 Å². The lowest BCUT2D eigenvalue weighted by atomic mass is 10.0. The lowest BCUT2D eigenvalue weighted by molar-refractivity contribution is -0.351. The first kappa shape index (κ1) is 20.0. The van der Waals surface area contributed by atoms with Crippen molar-refractivity contribution in [1.82, 2.24) is 0 Å². The molecule has 1 nitrogen and oxygen atoms in total. The summed E-state index contributed by atoms with van der Waals surface area (Å²) in [5.74, 6) is -15.0. The van der Waals surface area contributed by atoms with Crippen LogP contribution in [0.4, 0.5) is 48.3 Å². The quantitative estimate of drug-likeness (QED) is 0.490. The van der Waals surface area contributed by atoms with Crippen molar-refractivity contribution < 1.29 is 53.0 Å². The Morgan fingerprint density at radius 2 is 1.21 bits per heavy atom. The molecule has 12 heteroatoms. The second-order valence-electron chi connectivity index (χ2n) is 4.21. The number of hydrogen-bond donors (Lipinski definition) is 0. The molecule has 0 aliphatic heterocycles. The molecule has 0 aliphatic rings. The fourth-order valence-electron chi connectivity index (χ4n) is 1.39. The minimum absolute atomic E-state index is 0.758. The number of hydrogen-bond acceptors (Lipinski definition) is 1. The predicted molar refractivity (Wildman–Crippen MR) is 57.2 cm³/mol. The molecular weight excluding hydrogens is 369 g/mol. The SMILES string of the molecule is F/C(Oc1ccccc1)=C(/C(F)(F)F)C(F)(F)C(F)(F)C(F)(F)F. The molecule has 0 spiro atoms. The molecule has 0 bridgehead atoms. The van der Waals surface area contributed by atoms with E-state index in [1.807, 2.05) is 0 Å². The van der Waals surface area contributed by atoms with Crippen molar-refractivity contribution in [3.8, 4) is 5.75 Å². The number of para-hydroxylation sites is 1. The maximum atomic E-state index is 13.4. The fraction of sp³-hybridized carbons (Fsp3) is 0.333. The van der Waals surface area contributed by atoms with Crippen molar-refractivity contribution in [2.24, 2.45) is 0 Å². The molecule has 0 heterocycles. The maximum Gasteiger partial charge on any atom is 0.460 e. The molecule has 0 saturated heterocycles. The van der Waals surface area contributed by atoms with Crippen LogP contribution < -0.4 is 4.74 Å². The summed E-state index contributed by atoms with van der Waals surface area (Å²) in [7, 11) is 0. The van der Waals surface area contributed by atoms with Gasteiger partial charge in [0.25, 0.3) is 6.01 Å². The third-order valence-corrected chi connectivity index (χ3v) is 2.50. The van der Waals surface area contributed by atoms with Gasteiger partial charge in [-0.25, -0.2) is 0 Å². The highest BCUT2D eigenvalue weighted by molar-refractivity contribution is 5.29. The highest BCUT2D eigenvalue weighted by Gasteiger charge is 2.78. The minimum atomic E-state index is -7.19. The van der Waals surface area contributed by atoms with Crippen molar-refractivity contribution in [2.45, 2.75) is 24.2 Å². The molecule has 1 rings (SSSR count). The van der Waals surface area contributed by atoms with Crippen molar-refractivity contribution in [3.05, 3.63) is 41.9 Å². The summed E-state index contributed by atoms with van der Waals surface area (Å²) >= 11 is 0. The molecule has 0 aliphatic carbocycles. The number of alkyl halides is 10. The highest BCUT2D eigenvalue weighted by atomic mass is 19.4. The molecule has 0 N–H and O–H groups in total. The molecule has 0 radical (unpaired) electrons. The summed E-state index contributed by atoms with van der Waals surface area (Å²) in [6, 6.07) is 1.55. The Balaban J connectivity index is 3.49. The molecule has 24 heavy (non-hydrogen) atoms. The zero-order valence-corrected chi connectivity index (χ0v) is 11.0. The van der Waals surface area contributed by atoms with E-state index in [0.29, 0.717) is 0 Å². The van der Waals surface area contributed by atoms with E-state index in [4.69, 9.17) is 0 Å². The molecule has 0 unspecified atom stereocenters. The molecule has 136 valence electrons. The Hall–Kier alpha value is -2.01. The summed E-state index contributed by atoms with van der Waals surface area (Å²) < 4.78 is 143. The zero-order valence-electron chi connectivity index (χ0n) is 11.0. The molecular formula is C12H5F11O. The van der Waals surface area contributed by atoms with Crippen molar-refractivity contribution >= 4 is 0 Å². The number of ether oxygens (including phenoxy) is 1. The van der Waals surface area contributed by atoms with Gasteiger partial charge >= 0.3 is 24.2 Å². The minimum Gasteiger partial charge on any atom is -0.431 e. The van der Waals surface area contributed by atoms with Crippen LogP contribution in [0, 0.1) is 0 Å². The topological polar surface area (TPSA) is 9.23 Å². The first-order valence-corrected chi connectivity index (χ1v) is 5.65. The molecule has 0 fully saturated rings. The van der Waals surface area contributed by atoms with Gasteiger partial charge in [0.05, 0.1) is 0 Å². The smallest absolute Gasteiger partial charge is 0.431 e. The Labute approximate surface area is 126 Å². The van der Waals surface area contributed by atoms with Crippen LogP contribution in [0.25, 0.3) is 0 Å². The Morgan fingerprint density at radius 3 is 1.58 bits per heavy atom.